The Balaban J connectivity index is 1.60. The Morgan fingerprint density at radius 2 is 1.77 bits per heavy atom. The number of hydrogen-bond acceptors (Lipinski definition) is 5. The zero-order valence-electron chi connectivity index (χ0n) is 17.8. The number of nitrogens with zero attached hydrogens (tertiary/aromatic N) is 1. The van der Waals surface area contributed by atoms with Gasteiger partial charge in [0.25, 0.3) is 11.5 Å². The molecule has 2 N–H and O–H groups in total. The highest BCUT2D eigenvalue weighted by Gasteiger charge is 2.20. The van der Waals surface area contributed by atoms with E-state index in [1.54, 1.807) is 18.7 Å². The van der Waals surface area contributed by atoms with Crippen LogP contribution in [-0.2, 0) is 5.75 Å². The number of hydrogen-bond donors (Lipinski definition) is 2. The first-order chi connectivity index (χ1) is 14.8. The van der Waals surface area contributed by atoms with Gasteiger partial charge in [-0.05, 0) is 57.0 Å². The van der Waals surface area contributed by atoms with Crippen molar-refractivity contribution in [3.05, 3.63) is 85.8 Å². The first-order valence-electron chi connectivity index (χ1n) is 9.92. The Morgan fingerprint density at radius 1 is 1.06 bits per heavy atom. The largest absolute Gasteiger partial charge is 0.321 e. The monoisotopic (exact) mass is 449 g/mol. The van der Waals surface area contributed by atoms with Crippen LogP contribution in [0.15, 0.2) is 52.2 Å². The van der Waals surface area contributed by atoms with Gasteiger partial charge in [0, 0.05) is 10.6 Å². The number of thioether (sulfide) groups is 1. The smallest absolute Gasteiger partial charge is 0.266 e. The lowest BCUT2D eigenvalue weighted by molar-refractivity contribution is 0.103. The van der Waals surface area contributed by atoms with Crippen LogP contribution in [0, 0.1) is 27.7 Å². The van der Waals surface area contributed by atoms with Crippen molar-refractivity contribution in [2.24, 2.45) is 0 Å². The molecule has 0 fully saturated rings. The van der Waals surface area contributed by atoms with E-state index in [0.717, 1.165) is 21.7 Å². The number of aromatic amines is 1. The third kappa shape index (κ3) is 4.57. The van der Waals surface area contributed by atoms with Crippen LogP contribution in [0.4, 0.5) is 5.69 Å². The fourth-order valence-corrected chi connectivity index (χ4v) is 5.26. The molecular formula is C24H23N3O2S2. The molecule has 31 heavy (non-hydrogen) atoms. The van der Waals surface area contributed by atoms with E-state index in [1.807, 2.05) is 32.0 Å². The maximum absolute atomic E-state index is 12.9. The van der Waals surface area contributed by atoms with Crippen molar-refractivity contribution in [2.75, 3.05) is 5.32 Å². The number of aromatic nitrogens is 2. The molecule has 0 aliphatic carbocycles. The Labute approximate surface area is 188 Å². The summed E-state index contributed by atoms with van der Waals surface area (Å²) in [4.78, 5) is 35.4. The summed E-state index contributed by atoms with van der Waals surface area (Å²) in [5.74, 6) is 0.933. The number of fused-ring (bicyclic) bond motifs is 1. The van der Waals surface area contributed by atoms with Gasteiger partial charge in [0.2, 0.25) is 0 Å². The van der Waals surface area contributed by atoms with Gasteiger partial charge in [-0.2, -0.15) is 0 Å². The van der Waals surface area contributed by atoms with Crippen molar-refractivity contribution in [1.29, 1.82) is 0 Å². The van der Waals surface area contributed by atoms with Crippen LogP contribution in [-0.4, -0.2) is 15.9 Å². The second-order valence-electron chi connectivity index (χ2n) is 7.62. The third-order valence-corrected chi connectivity index (χ3v) is 7.29. The number of nitrogens with one attached hydrogen (secondary N) is 2. The molecule has 0 saturated heterocycles. The summed E-state index contributed by atoms with van der Waals surface area (Å²) in [7, 11) is 0. The summed E-state index contributed by atoms with van der Waals surface area (Å²) >= 11 is 2.87. The van der Waals surface area contributed by atoms with Gasteiger partial charge in [-0.25, -0.2) is 4.98 Å². The van der Waals surface area contributed by atoms with Crippen molar-refractivity contribution in [2.45, 2.75) is 38.3 Å². The number of amides is 1. The van der Waals surface area contributed by atoms with Crippen LogP contribution < -0.4 is 10.9 Å². The molecular weight excluding hydrogens is 426 g/mol. The van der Waals surface area contributed by atoms with Crippen molar-refractivity contribution in [3.8, 4) is 0 Å². The molecule has 5 nitrogen and oxygen atoms in total. The first-order valence-corrected chi connectivity index (χ1v) is 11.7. The highest BCUT2D eigenvalue weighted by atomic mass is 32.2. The minimum Gasteiger partial charge on any atom is -0.321 e. The third-order valence-electron chi connectivity index (χ3n) is 5.08. The van der Waals surface area contributed by atoms with E-state index in [4.69, 9.17) is 0 Å². The van der Waals surface area contributed by atoms with Crippen LogP contribution >= 0.6 is 23.1 Å². The Morgan fingerprint density at radius 3 is 2.48 bits per heavy atom. The molecule has 0 bridgehead atoms. The highest BCUT2D eigenvalue weighted by Crippen LogP contribution is 2.29. The van der Waals surface area contributed by atoms with Crippen LogP contribution in [0.2, 0.25) is 0 Å². The predicted octanol–water partition coefficient (Wildman–Crippen LogP) is 5.76. The average molecular weight is 450 g/mol. The summed E-state index contributed by atoms with van der Waals surface area (Å²) in [5, 5.41) is 3.45. The standard InChI is InChI=1S/C24H23N3O2S2/c1-13-5-8-17(9-6-13)30-12-19-26-22(28)20-16(4)21(31-24(20)27-19)23(29)25-18-10-7-14(2)11-15(18)3/h5-11H,12H2,1-4H3,(H,25,29)(H,26,27,28). The number of anilines is 1. The zero-order chi connectivity index (χ0) is 22.1. The average Bonchev–Trinajstić information content (AvgIpc) is 3.06. The summed E-state index contributed by atoms with van der Waals surface area (Å²) in [5.41, 5.74) is 4.57. The fraction of sp³-hybridized carbons (Fsp3) is 0.208. The van der Waals surface area contributed by atoms with E-state index in [-0.39, 0.29) is 11.5 Å². The molecule has 4 rings (SSSR count). The normalized spacial score (nSPS) is 11.1. The van der Waals surface area contributed by atoms with E-state index in [0.29, 0.717) is 32.2 Å². The lowest BCUT2D eigenvalue weighted by Gasteiger charge is -2.08. The van der Waals surface area contributed by atoms with Gasteiger partial charge >= 0.3 is 0 Å². The maximum atomic E-state index is 12.9. The molecule has 0 aliphatic heterocycles. The first kappa shape index (κ1) is 21.3. The van der Waals surface area contributed by atoms with Crippen LogP contribution in [0.3, 0.4) is 0 Å². The molecule has 1 amide bonds. The molecule has 7 heteroatoms. The number of benzene rings is 2. The summed E-state index contributed by atoms with van der Waals surface area (Å²) < 4.78 is 0. The number of rotatable bonds is 5. The highest BCUT2D eigenvalue weighted by molar-refractivity contribution is 7.98. The quantitative estimate of drug-likeness (QED) is 0.380. The zero-order valence-corrected chi connectivity index (χ0v) is 19.5. The number of H-pyrrole nitrogens is 1. The van der Waals surface area contributed by atoms with Gasteiger partial charge in [0.05, 0.1) is 16.0 Å². The van der Waals surface area contributed by atoms with Crippen molar-refractivity contribution in [1.82, 2.24) is 9.97 Å². The number of carbonyl (C=O) groups is 1. The molecule has 0 atom stereocenters. The van der Waals surface area contributed by atoms with Gasteiger partial charge in [-0.1, -0.05) is 35.4 Å². The maximum Gasteiger partial charge on any atom is 0.266 e. The van der Waals surface area contributed by atoms with Crippen molar-refractivity contribution < 1.29 is 4.79 Å². The van der Waals surface area contributed by atoms with Crippen LogP contribution in [0.25, 0.3) is 10.2 Å². The van der Waals surface area contributed by atoms with Gasteiger partial charge in [-0.3, -0.25) is 9.59 Å². The fourth-order valence-electron chi connectivity index (χ4n) is 3.39. The molecule has 158 valence electrons. The Kier molecular flexibility index (Phi) is 5.98. The van der Waals surface area contributed by atoms with E-state index in [2.05, 4.69) is 46.5 Å². The van der Waals surface area contributed by atoms with E-state index in [9.17, 15) is 9.59 Å². The molecule has 2 aromatic carbocycles. The predicted molar refractivity (Wildman–Crippen MR) is 130 cm³/mol. The second-order valence-corrected chi connectivity index (χ2v) is 9.67. The molecule has 0 saturated carbocycles. The van der Waals surface area contributed by atoms with Gasteiger partial charge in [0.15, 0.2) is 0 Å². The lowest BCUT2D eigenvalue weighted by atomic mass is 10.1. The number of carbonyl (C=O) groups excluding carboxylic acids is 1. The minimum atomic E-state index is -0.220. The number of aryl methyl sites for hydroxylation is 4. The topological polar surface area (TPSA) is 74.8 Å². The lowest BCUT2D eigenvalue weighted by Crippen LogP contribution is -2.13. The van der Waals surface area contributed by atoms with Crippen LogP contribution in [0.5, 0.6) is 0 Å². The Bertz CT molecular complexity index is 1340. The number of thiophene rings is 1. The Hall–Kier alpha value is -2.90. The summed E-state index contributed by atoms with van der Waals surface area (Å²) in [6, 6.07) is 14.1. The van der Waals surface area contributed by atoms with Crippen molar-refractivity contribution >= 4 is 44.9 Å². The van der Waals surface area contributed by atoms with Gasteiger partial charge < -0.3 is 10.3 Å². The second kappa shape index (κ2) is 8.69. The van der Waals surface area contributed by atoms with Crippen molar-refractivity contribution in [3.63, 3.8) is 0 Å². The molecule has 0 aliphatic rings. The van der Waals surface area contributed by atoms with Gasteiger partial charge in [-0.15, -0.1) is 23.1 Å². The molecule has 2 heterocycles. The summed E-state index contributed by atoms with van der Waals surface area (Å²) in [6.07, 6.45) is 0. The summed E-state index contributed by atoms with van der Waals surface area (Å²) in [6.45, 7) is 7.83. The minimum absolute atomic E-state index is 0.205. The van der Waals surface area contributed by atoms with E-state index in [1.165, 1.54) is 16.9 Å². The molecule has 2 aromatic heterocycles. The van der Waals surface area contributed by atoms with E-state index >= 15 is 0 Å². The van der Waals surface area contributed by atoms with Crippen LogP contribution in [0.1, 0.15) is 37.7 Å². The van der Waals surface area contributed by atoms with E-state index < -0.39 is 0 Å². The SMILES string of the molecule is Cc1ccc(SCc2nc3sc(C(=O)Nc4ccc(C)cc4C)c(C)c3c(=O)[nH]2)cc1. The molecule has 4 aromatic rings. The van der Waals surface area contributed by atoms with Gasteiger partial charge in [0.1, 0.15) is 10.7 Å². The molecule has 0 unspecified atom stereocenters. The molecule has 0 spiro atoms. The molecule has 0 radical (unpaired) electrons.